The third kappa shape index (κ3) is 5.62. The predicted octanol–water partition coefficient (Wildman–Crippen LogP) is 4.64. The first-order valence-corrected chi connectivity index (χ1v) is 14.0. The number of nitrogens with two attached hydrogens (primary N) is 1. The second-order valence-corrected chi connectivity index (χ2v) is 11.6. The van der Waals surface area contributed by atoms with Crippen LogP contribution in [0.5, 0.6) is 5.75 Å². The van der Waals surface area contributed by atoms with Gasteiger partial charge < -0.3 is 25.4 Å². The number of rotatable bonds is 4. The molecule has 0 saturated carbocycles. The first kappa shape index (κ1) is 29.9. The molecular weight excluding hydrogens is 558 g/mol. The van der Waals surface area contributed by atoms with Crippen molar-refractivity contribution in [3.8, 4) is 22.7 Å². The Balaban J connectivity index is 1.73. The summed E-state index contributed by atoms with van der Waals surface area (Å²) in [6.45, 7) is 9.95. The molecule has 1 saturated heterocycles. The molecule has 3 N–H and O–H groups in total. The fourth-order valence-corrected chi connectivity index (χ4v) is 5.42. The van der Waals surface area contributed by atoms with E-state index in [9.17, 15) is 19.1 Å². The normalized spacial score (nSPS) is 15.7. The molecule has 0 bridgehead atoms. The monoisotopic (exact) mass is 592 g/mol. The zero-order valence-corrected chi connectivity index (χ0v) is 24.7. The van der Waals surface area contributed by atoms with Crippen molar-refractivity contribution in [2.75, 3.05) is 24.5 Å². The molecule has 0 spiro atoms. The molecule has 1 amide bonds. The third-order valence-corrected chi connectivity index (χ3v) is 7.35. The van der Waals surface area contributed by atoms with Crippen LogP contribution in [-0.2, 0) is 11.3 Å². The lowest BCUT2D eigenvalue weighted by molar-refractivity contribution is 0.0218. The third-order valence-electron chi connectivity index (χ3n) is 7.35. The number of ether oxygens (including phenoxy) is 1. The van der Waals surface area contributed by atoms with Crippen molar-refractivity contribution < 1.29 is 23.4 Å². The molecular formula is C31H34F2N6O4. The van der Waals surface area contributed by atoms with E-state index in [0.717, 1.165) is 12.1 Å². The molecule has 1 fully saturated rings. The highest BCUT2D eigenvalue weighted by molar-refractivity contribution is 5.91. The van der Waals surface area contributed by atoms with Gasteiger partial charge in [-0.2, -0.15) is 4.98 Å². The van der Waals surface area contributed by atoms with Gasteiger partial charge in [0.15, 0.2) is 11.5 Å². The number of phenolic OH excluding ortho intramolecular Hbond substituents is 1. The number of nitrogens with zero attached hydrogens (tertiary/aromatic N) is 5. The van der Waals surface area contributed by atoms with E-state index in [1.54, 1.807) is 50.8 Å². The number of anilines is 1. The zero-order valence-electron chi connectivity index (χ0n) is 24.7. The Morgan fingerprint density at radius 3 is 2.49 bits per heavy atom. The van der Waals surface area contributed by atoms with Crippen molar-refractivity contribution in [3.63, 3.8) is 0 Å². The second kappa shape index (κ2) is 11.3. The second-order valence-electron chi connectivity index (χ2n) is 11.6. The summed E-state index contributed by atoms with van der Waals surface area (Å²) >= 11 is 0. The van der Waals surface area contributed by atoms with E-state index in [2.05, 4.69) is 9.97 Å². The number of hydrogen-bond acceptors (Lipinski definition) is 8. The van der Waals surface area contributed by atoms with E-state index in [0.29, 0.717) is 16.8 Å². The number of carbonyl (C=O) groups excluding carboxylic acids is 1. The Labute approximate surface area is 247 Å². The number of phenols is 1. The van der Waals surface area contributed by atoms with Gasteiger partial charge in [0.1, 0.15) is 28.7 Å². The summed E-state index contributed by atoms with van der Waals surface area (Å²) in [5, 5.41) is 10.6. The topological polar surface area (TPSA) is 127 Å². The molecule has 10 nitrogen and oxygen atoms in total. The molecule has 3 heterocycles. The van der Waals surface area contributed by atoms with Gasteiger partial charge in [0.05, 0.1) is 16.6 Å². The van der Waals surface area contributed by atoms with Gasteiger partial charge in [0.25, 0.3) is 0 Å². The van der Waals surface area contributed by atoms with Crippen LogP contribution in [-0.4, -0.2) is 61.9 Å². The minimum atomic E-state index is -0.912. The molecule has 2 aromatic heterocycles. The number of benzene rings is 2. The van der Waals surface area contributed by atoms with Gasteiger partial charge in [-0.05, 0) is 63.9 Å². The largest absolute Gasteiger partial charge is 0.507 e. The van der Waals surface area contributed by atoms with Crippen LogP contribution in [0.15, 0.2) is 47.3 Å². The standard InChI is InChI=1S/C31H34F2N6O4/c1-17-8-6-9-19(15-34)26(17)39-28-20(14-22(33)25(35-28)24-21(32)10-7-11-23(24)40)27(36-29(39)41)38-13-12-37(16-18(38)2)30(42)43-31(3,4)5/h6-11,14,18,40H,12-13,15-16,34H2,1-5H3/t18-/m0/s1. The molecule has 5 rings (SSSR count). The van der Waals surface area contributed by atoms with Crippen molar-refractivity contribution in [3.05, 3.63) is 75.7 Å². The summed E-state index contributed by atoms with van der Waals surface area (Å²) in [5.74, 6) is -2.12. The van der Waals surface area contributed by atoms with Crippen LogP contribution >= 0.6 is 0 Å². The Kier molecular flexibility index (Phi) is 7.82. The summed E-state index contributed by atoms with van der Waals surface area (Å²) in [7, 11) is 0. The highest BCUT2D eigenvalue weighted by Gasteiger charge is 2.33. The van der Waals surface area contributed by atoms with Crippen molar-refractivity contribution >= 4 is 22.9 Å². The minimum Gasteiger partial charge on any atom is -0.507 e. The lowest BCUT2D eigenvalue weighted by Crippen LogP contribution is -2.55. The molecule has 226 valence electrons. The number of amides is 1. The summed E-state index contributed by atoms with van der Waals surface area (Å²) in [6, 6.07) is 9.80. The van der Waals surface area contributed by atoms with E-state index >= 15 is 4.39 Å². The van der Waals surface area contributed by atoms with Crippen molar-refractivity contribution in [2.45, 2.75) is 52.8 Å². The number of aromatic nitrogens is 3. The molecule has 1 atom stereocenters. The highest BCUT2D eigenvalue weighted by atomic mass is 19.1. The van der Waals surface area contributed by atoms with Crippen LogP contribution in [0.25, 0.3) is 28.0 Å². The fraction of sp³-hybridized carbons (Fsp3) is 0.355. The van der Waals surface area contributed by atoms with Gasteiger partial charge in [0, 0.05) is 32.2 Å². The number of piperazine rings is 1. The Morgan fingerprint density at radius 2 is 1.84 bits per heavy atom. The van der Waals surface area contributed by atoms with Gasteiger partial charge in [-0.15, -0.1) is 0 Å². The summed E-state index contributed by atoms with van der Waals surface area (Å²) in [4.78, 5) is 38.9. The summed E-state index contributed by atoms with van der Waals surface area (Å²) in [6.07, 6.45) is -0.455. The van der Waals surface area contributed by atoms with Crippen LogP contribution in [0.1, 0.15) is 38.8 Å². The Bertz CT molecular complexity index is 1770. The van der Waals surface area contributed by atoms with Crippen molar-refractivity contribution in [1.29, 1.82) is 0 Å². The summed E-state index contributed by atoms with van der Waals surface area (Å²) < 4.78 is 37.5. The molecule has 0 radical (unpaired) electrons. The van der Waals surface area contributed by atoms with Gasteiger partial charge >= 0.3 is 11.8 Å². The number of fused-ring (bicyclic) bond motifs is 1. The first-order chi connectivity index (χ1) is 20.3. The number of carbonyl (C=O) groups is 1. The lowest BCUT2D eigenvalue weighted by atomic mass is 10.1. The number of hydrogen-bond donors (Lipinski definition) is 2. The van der Waals surface area contributed by atoms with Gasteiger partial charge in [-0.25, -0.2) is 27.9 Å². The summed E-state index contributed by atoms with van der Waals surface area (Å²) in [5.41, 5.74) is 5.55. The van der Waals surface area contributed by atoms with E-state index in [-0.39, 0.29) is 49.1 Å². The number of para-hydroxylation sites is 1. The molecule has 0 unspecified atom stereocenters. The van der Waals surface area contributed by atoms with Crippen LogP contribution in [0.3, 0.4) is 0 Å². The lowest BCUT2D eigenvalue weighted by Gasteiger charge is -2.41. The van der Waals surface area contributed by atoms with Crippen LogP contribution in [0.4, 0.5) is 19.4 Å². The first-order valence-electron chi connectivity index (χ1n) is 14.0. The minimum absolute atomic E-state index is 0.0137. The Morgan fingerprint density at radius 1 is 1.12 bits per heavy atom. The van der Waals surface area contributed by atoms with Crippen LogP contribution in [0.2, 0.25) is 0 Å². The molecule has 1 aliphatic rings. The average Bonchev–Trinajstić information content (AvgIpc) is 2.92. The van der Waals surface area contributed by atoms with E-state index in [4.69, 9.17) is 10.5 Å². The van der Waals surface area contributed by atoms with E-state index < -0.39 is 46.0 Å². The van der Waals surface area contributed by atoms with Crippen LogP contribution in [0, 0.1) is 18.6 Å². The number of pyridine rings is 1. The van der Waals surface area contributed by atoms with Crippen molar-refractivity contribution in [1.82, 2.24) is 19.4 Å². The van der Waals surface area contributed by atoms with Gasteiger partial charge in [-0.3, -0.25) is 0 Å². The SMILES string of the molecule is Cc1cccc(CN)c1-n1c(=O)nc(N2CCN(C(=O)OC(C)(C)C)C[C@@H]2C)c2cc(F)c(-c3c(O)cccc3F)nc21. The Hall–Kier alpha value is -4.58. The quantitative estimate of drug-likeness (QED) is 0.351. The molecule has 2 aromatic carbocycles. The number of halogens is 2. The molecule has 4 aromatic rings. The van der Waals surface area contributed by atoms with Crippen LogP contribution < -0.4 is 16.3 Å². The molecule has 1 aliphatic heterocycles. The molecule has 12 heteroatoms. The maximum Gasteiger partial charge on any atom is 0.410 e. The zero-order chi connectivity index (χ0) is 31.2. The smallest absolute Gasteiger partial charge is 0.410 e. The maximum atomic E-state index is 15.8. The van der Waals surface area contributed by atoms with Crippen molar-refractivity contribution in [2.24, 2.45) is 5.73 Å². The average molecular weight is 593 g/mol. The van der Waals surface area contributed by atoms with E-state index in [1.165, 1.54) is 16.7 Å². The van der Waals surface area contributed by atoms with Gasteiger partial charge in [-0.1, -0.05) is 24.3 Å². The number of aromatic hydroxyl groups is 1. The molecule has 0 aliphatic carbocycles. The highest BCUT2D eigenvalue weighted by Crippen LogP contribution is 2.36. The molecule has 43 heavy (non-hydrogen) atoms. The fourth-order valence-electron chi connectivity index (χ4n) is 5.42. The van der Waals surface area contributed by atoms with Gasteiger partial charge in [0.2, 0.25) is 0 Å². The predicted molar refractivity (Wildman–Crippen MR) is 159 cm³/mol. The number of aryl methyl sites for hydroxylation is 1. The van der Waals surface area contributed by atoms with E-state index in [1.807, 2.05) is 11.8 Å². The maximum absolute atomic E-state index is 15.8.